The third-order valence-electron chi connectivity index (χ3n) is 6.35. The van der Waals surface area contributed by atoms with E-state index in [2.05, 4.69) is 75.1 Å². The number of anilines is 1. The van der Waals surface area contributed by atoms with Crippen molar-refractivity contribution >= 4 is 5.82 Å². The van der Waals surface area contributed by atoms with Crippen LogP contribution in [0.15, 0.2) is 36.4 Å². The summed E-state index contributed by atoms with van der Waals surface area (Å²) in [5.74, 6) is 0.973. The van der Waals surface area contributed by atoms with Crippen LogP contribution in [0.5, 0.6) is 0 Å². The molecular weight excluding hydrogens is 360 g/mol. The first-order valence-corrected chi connectivity index (χ1v) is 11.0. The van der Waals surface area contributed by atoms with Crippen LogP contribution in [-0.2, 0) is 0 Å². The number of aromatic nitrogens is 2. The molecule has 2 aliphatic heterocycles. The van der Waals surface area contributed by atoms with Crippen molar-refractivity contribution in [3.63, 3.8) is 0 Å². The number of rotatable bonds is 5. The van der Waals surface area contributed by atoms with Crippen molar-refractivity contribution < 1.29 is 0 Å². The molecule has 2 saturated heterocycles. The zero-order valence-corrected chi connectivity index (χ0v) is 17.8. The van der Waals surface area contributed by atoms with Gasteiger partial charge in [-0.15, -0.1) is 10.2 Å². The molecular formula is C23H34N6. The van der Waals surface area contributed by atoms with Crippen LogP contribution < -0.4 is 10.6 Å². The Labute approximate surface area is 174 Å². The molecule has 0 aliphatic carbocycles. The van der Waals surface area contributed by atoms with E-state index in [-0.39, 0.29) is 6.17 Å². The molecule has 29 heavy (non-hydrogen) atoms. The summed E-state index contributed by atoms with van der Waals surface area (Å²) in [4.78, 5) is 7.22. The maximum absolute atomic E-state index is 6.48. The van der Waals surface area contributed by atoms with Crippen molar-refractivity contribution in [3.05, 3.63) is 42.0 Å². The number of hydrogen-bond acceptors (Lipinski definition) is 6. The number of piperazine rings is 1. The van der Waals surface area contributed by atoms with Crippen molar-refractivity contribution in [2.24, 2.45) is 5.73 Å². The zero-order valence-electron chi connectivity index (χ0n) is 17.8. The summed E-state index contributed by atoms with van der Waals surface area (Å²) in [6, 6.07) is 13.3. The Morgan fingerprint density at radius 3 is 2.03 bits per heavy atom. The van der Waals surface area contributed by atoms with Crippen LogP contribution in [0.1, 0.15) is 44.8 Å². The van der Waals surface area contributed by atoms with Gasteiger partial charge >= 0.3 is 0 Å². The van der Waals surface area contributed by atoms with Gasteiger partial charge in [0.2, 0.25) is 0 Å². The van der Waals surface area contributed by atoms with Crippen LogP contribution in [-0.4, -0.2) is 65.3 Å². The first kappa shape index (κ1) is 20.3. The second-order valence-corrected chi connectivity index (χ2v) is 8.56. The Kier molecular flexibility index (Phi) is 6.43. The van der Waals surface area contributed by atoms with Crippen molar-refractivity contribution in [1.82, 2.24) is 20.0 Å². The molecule has 1 aromatic carbocycles. The summed E-state index contributed by atoms with van der Waals surface area (Å²) in [5.41, 5.74) is 9.64. The van der Waals surface area contributed by atoms with Crippen molar-refractivity contribution in [2.45, 2.75) is 45.3 Å². The van der Waals surface area contributed by atoms with Crippen molar-refractivity contribution in [1.29, 1.82) is 0 Å². The molecule has 6 heteroatoms. The van der Waals surface area contributed by atoms with Crippen LogP contribution in [0.4, 0.5) is 5.82 Å². The zero-order chi connectivity index (χ0) is 20.2. The van der Waals surface area contributed by atoms with Gasteiger partial charge in [-0.3, -0.25) is 9.80 Å². The number of likely N-dealkylation sites (tertiary alicyclic amines) is 1. The van der Waals surface area contributed by atoms with E-state index in [1.165, 1.54) is 24.8 Å². The SMILES string of the molecule is CC(C)N1CCN(c2ccc(-c3ccc(C(N)N4CCCCC4)cc3)nn2)CC1. The smallest absolute Gasteiger partial charge is 0.151 e. The summed E-state index contributed by atoms with van der Waals surface area (Å²) in [6.07, 6.45) is 3.81. The number of benzene rings is 1. The van der Waals surface area contributed by atoms with E-state index in [1.807, 2.05) is 0 Å². The number of nitrogens with zero attached hydrogens (tertiary/aromatic N) is 5. The van der Waals surface area contributed by atoms with Gasteiger partial charge in [-0.2, -0.15) is 0 Å². The topological polar surface area (TPSA) is 61.5 Å². The molecule has 0 spiro atoms. The summed E-state index contributed by atoms with van der Waals surface area (Å²) in [6.45, 7) is 10.9. The summed E-state index contributed by atoms with van der Waals surface area (Å²) < 4.78 is 0. The van der Waals surface area contributed by atoms with E-state index in [1.54, 1.807) is 0 Å². The van der Waals surface area contributed by atoms with Crippen LogP contribution >= 0.6 is 0 Å². The second-order valence-electron chi connectivity index (χ2n) is 8.56. The van der Waals surface area contributed by atoms with Crippen molar-refractivity contribution in [3.8, 4) is 11.3 Å². The maximum Gasteiger partial charge on any atom is 0.151 e. The third-order valence-corrected chi connectivity index (χ3v) is 6.35. The average molecular weight is 395 g/mol. The molecule has 6 nitrogen and oxygen atoms in total. The van der Waals surface area contributed by atoms with Gasteiger partial charge in [-0.1, -0.05) is 30.7 Å². The molecule has 4 rings (SSSR count). The predicted molar refractivity (Wildman–Crippen MR) is 119 cm³/mol. The van der Waals surface area contributed by atoms with E-state index < -0.39 is 0 Å². The van der Waals surface area contributed by atoms with Gasteiger partial charge in [0.1, 0.15) is 0 Å². The largest absolute Gasteiger partial charge is 0.353 e. The quantitative estimate of drug-likeness (QED) is 0.841. The number of piperidine rings is 1. The molecule has 2 aromatic rings. The Hall–Kier alpha value is -2.02. The molecule has 2 N–H and O–H groups in total. The average Bonchev–Trinajstić information content (AvgIpc) is 2.79. The summed E-state index contributed by atoms with van der Waals surface area (Å²) >= 11 is 0. The third kappa shape index (κ3) is 4.77. The molecule has 1 atom stereocenters. The van der Waals surface area contributed by atoms with Gasteiger partial charge in [0.15, 0.2) is 5.82 Å². The minimum atomic E-state index is -0.0117. The maximum atomic E-state index is 6.48. The molecule has 3 heterocycles. The van der Waals surface area contributed by atoms with Crippen LogP contribution in [0.25, 0.3) is 11.3 Å². The highest BCUT2D eigenvalue weighted by Gasteiger charge is 2.20. The van der Waals surface area contributed by atoms with Crippen LogP contribution in [0, 0.1) is 0 Å². The fourth-order valence-electron chi connectivity index (χ4n) is 4.37. The van der Waals surface area contributed by atoms with Crippen LogP contribution in [0.2, 0.25) is 0 Å². The molecule has 1 unspecified atom stereocenters. The van der Waals surface area contributed by atoms with E-state index in [0.29, 0.717) is 6.04 Å². The monoisotopic (exact) mass is 394 g/mol. The number of nitrogens with two attached hydrogens (primary N) is 1. The Morgan fingerprint density at radius 1 is 0.759 bits per heavy atom. The summed E-state index contributed by atoms with van der Waals surface area (Å²) in [7, 11) is 0. The molecule has 0 saturated carbocycles. The molecule has 1 aromatic heterocycles. The number of hydrogen-bond donors (Lipinski definition) is 1. The Bertz CT molecular complexity index is 759. The molecule has 2 aliphatic rings. The molecule has 2 fully saturated rings. The van der Waals surface area contributed by atoms with E-state index in [0.717, 1.165) is 56.3 Å². The molecule has 0 bridgehead atoms. The van der Waals surface area contributed by atoms with Crippen LogP contribution in [0.3, 0.4) is 0 Å². The highest BCUT2D eigenvalue weighted by molar-refractivity contribution is 5.60. The lowest BCUT2D eigenvalue weighted by molar-refractivity contribution is 0.167. The van der Waals surface area contributed by atoms with Gasteiger partial charge in [0.05, 0.1) is 11.9 Å². The Morgan fingerprint density at radius 2 is 1.45 bits per heavy atom. The van der Waals surface area contributed by atoms with Crippen molar-refractivity contribution in [2.75, 3.05) is 44.2 Å². The molecule has 0 radical (unpaired) electrons. The lowest BCUT2D eigenvalue weighted by Crippen LogP contribution is -2.49. The highest BCUT2D eigenvalue weighted by Crippen LogP contribution is 2.24. The Balaban J connectivity index is 1.39. The van der Waals surface area contributed by atoms with Gasteiger partial charge in [0.25, 0.3) is 0 Å². The first-order valence-electron chi connectivity index (χ1n) is 11.0. The predicted octanol–water partition coefficient (Wildman–Crippen LogP) is 3.12. The van der Waals surface area contributed by atoms with Gasteiger partial charge in [0, 0.05) is 37.8 Å². The fourth-order valence-corrected chi connectivity index (χ4v) is 4.37. The second kappa shape index (κ2) is 9.20. The normalized spacial score (nSPS) is 20.2. The van der Waals surface area contributed by atoms with Gasteiger partial charge in [-0.05, 0) is 57.5 Å². The first-order chi connectivity index (χ1) is 14.1. The van der Waals surface area contributed by atoms with E-state index in [4.69, 9.17) is 5.73 Å². The van der Waals surface area contributed by atoms with E-state index >= 15 is 0 Å². The molecule has 156 valence electrons. The van der Waals surface area contributed by atoms with Gasteiger partial charge < -0.3 is 10.6 Å². The van der Waals surface area contributed by atoms with Gasteiger partial charge in [-0.25, -0.2) is 0 Å². The minimum absolute atomic E-state index is 0.0117. The standard InChI is InChI=1S/C23H34N6/c1-18(2)27-14-16-28(17-15-27)22-11-10-21(25-26-22)19-6-8-20(9-7-19)23(24)29-12-4-3-5-13-29/h6-11,18,23H,3-5,12-17,24H2,1-2H3. The summed E-state index contributed by atoms with van der Waals surface area (Å²) in [5, 5.41) is 9.00. The molecule has 0 amide bonds. The van der Waals surface area contributed by atoms with E-state index in [9.17, 15) is 0 Å². The lowest BCUT2D eigenvalue weighted by Gasteiger charge is -2.37. The minimum Gasteiger partial charge on any atom is -0.353 e. The lowest BCUT2D eigenvalue weighted by atomic mass is 10.0. The fraction of sp³-hybridized carbons (Fsp3) is 0.565. The highest BCUT2D eigenvalue weighted by atomic mass is 15.3.